The Kier molecular flexibility index (Phi) is 4.91. The second-order valence-electron chi connectivity index (χ2n) is 5.43. The van der Waals surface area contributed by atoms with Crippen LogP contribution in [0.1, 0.15) is 57.1 Å². The molecule has 0 amide bonds. The lowest BCUT2D eigenvalue weighted by molar-refractivity contribution is -0.384. The molecule has 0 heterocycles. The number of rotatable bonds is 4. The SMILES string of the molecule is CC(NC1CCCCCC1)c1ccc([N+](=O)[O-])cc1. The minimum Gasteiger partial charge on any atom is -0.307 e. The first kappa shape index (κ1) is 14.0. The maximum absolute atomic E-state index is 10.6. The average Bonchev–Trinajstić information content (AvgIpc) is 2.67. The van der Waals surface area contributed by atoms with Crippen molar-refractivity contribution in [2.24, 2.45) is 0 Å². The van der Waals surface area contributed by atoms with E-state index in [9.17, 15) is 10.1 Å². The highest BCUT2D eigenvalue weighted by atomic mass is 16.6. The molecule has 1 aromatic carbocycles. The van der Waals surface area contributed by atoms with Crippen LogP contribution < -0.4 is 5.32 Å². The standard InChI is InChI=1S/C15H22N2O2/c1-12(16-14-6-4-2-3-5-7-14)13-8-10-15(11-9-13)17(18)19/h8-12,14,16H,2-7H2,1H3. The fourth-order valence-electron chi connectivity index (χ4n) is 2.78. The summed E-state index contributed by atoms with van der Waals surface area (Å²) in [6, 6.07) is 7.72. The predicted molar refractivity (Wildman–Crippen MR) is 76.1 cm³/mol. The van der Waals surface area contributed by atoms with Crippen molar-refractivity contribution >= 4 is 5.69 Å². The zero-order valence-corrected chi connectivity index (χ0v) is 11.5. The first-order valence-corrected chi connectivity index (χ1v) is 7.17. The molecule has 1 aromatic rings. The molecule has 0 aromatic heterocycles. The third kappa shape index (κ3) is 4.03. The Morgan fingerprint density at radius 2 is 1.74 bits per heavy atom. The minimum absolute atomic E-state index is 0.158. The van der Waals surface area contributed by atoms with E-state index in [1.807, 2.05) is 12.1 Å². The molecule has 1 saturated carbocycles. The summed E-state index contributed by atoms with van der Waals surface area (Å²) >= 11 is 0. The first-order valence-electron chi connectivity index (χ1n) is 7.17. The van der Waals surface area contributed by atoms with E-state index in [1.165, 1.54) is 38.5 Å². The van der Waals surface area contributed by atoms with Gasteiger partial charge in [0, 0.05) is 24.2 Å². The fraction of sp³-hybridized carbons (Fsp3) is 0.600. The molecule has 19 heavy (non-hydrogen) atoms. The molecular formula is C15H22N2O2. The van der Waals surface area contributed by atoms with Gasteiger partial charge in [0.15, 0.2) is 0 Å². The normalized spacial score (nSPS) is 18.8. The topological polar surface area (TPSA) is 55.2 Å². The van der Waals surface area contributed by atoms with Crippen LogP contribution in [-0.2, 0) is 0 Å². The third-order valence-electron chi connectivity index (χ3n) is 3.94. The monoisotopic (exact) mass is 262 g/mol. The highest BCUT2D eigenvalue weighted by Gasteiger charge is 2.16. The summed E-state index contributed by atoms with van der Waals surface area (Å²) in [4.78, 5) is 10.3. The van der Waals surface area contributed by atoms with Crippen molar-refractivity contribution in [2.75, 3.05) is 0 Å². The fourth-order valence-corrected chi connectivity index (χ4v) is 2.78. The van der Waals surface area contributed by atoms with Crippen LogP contribution in [0.2, 0.25) is 0 Å². The van der Waals surface area contributed by atoms with Crippen LogP contribution in [-0.4, -0.2) is 11.0 Å². The van der Waals surface area contributed by atoms with Crippen molar-refractivity contribution in [1.82, 2.24) is 5.32 Å². The summed E-state index contributed by atoms with van der Waals surface area (Å²) in [6.45, 7) is 2.13. The van der Waals surface area contributed by atoms with E-state index in [0.717, 1.165) is 5.56 Å². The largest absolute Gasteiger partial charge is 0.307 e. The van der Waals surface area contributed by atoms with Crippen LogP contribution in [0.5, 0.6) is 0 Å². The van der Waals surface area contributed by atoms with Gasteiger partial charge in [-0.1, -0.05) is 37.8 Å². The van der Waals surface area contributed by atoms with Gasteiger partial charge in [0.2, 0.25) is 0 Å². The van der Waals surface area contributed by atoms with Gasteiger partial charge in [-0.3, -0.25) is 10.1 Å². The van der Waals surface area contributed by atoms with Gasteiger partial charge in [-0.2, -0.15) is 0 Å². The van der Waals surface area contributed by atoms with Crippen molar-refractivity contribution in [1.29, 1.82) is 0 Å². The molecule has 0 bridgehead atoms. The Hall–Kier alpha value is -1.42. The molecule has 104 valence electrons. The smallest absolute Gasteiger partial charge is 0.269 e. The van der Waals surface area contributed by atoms with Crippen LogP contribution in [0, 0.1) is 10.1 Å². The number of nitro groups is 1. The molecule has 0 saturated heterocycles. The number of hydrogen-bond donors (Lipinski definition) is 1. The molecule has 1 atom stereocenters. The lowest BCUT2D eigenvalue weighted by atomic mass is 10.0. The molecule has 1 unspecified atom stereocenters. The number of benzene rings is 1. The molecule has 4 nitrogen and oxygen atoms in total. The quantitative estimate of drug-likeness (QED) is 0.507. The van der Waals surface area contributed by atoms with Crippen LogP contribution in [0.15, 0.2) is 24.3 Å². The van der Waals surface area contributed by atoms with E-state index in [2.05, 4.69) is 12.2 Å². The lowest BCUT2D eigenvalue weighted by Crippen LogP contribution is -2.31. The summed E-state index contributed by atoms with van der Waals surface area (Å²) in [6.07, 6.45) is 7.82. The van der Waals surface area contributed by atoms with E-state index in [1.54, 1.807) is 12.1 Å². The van der Waals surface area contributed by atoms with Crippen molar-refractivity contribution < 1.29 is 4.92 Å². The Morgan fingerprint density at radius 3 is 2.26 bits per heavy atom. The molecule has 2 rings (SSSR count). The van der Waals surface area contributed by atoms with E-state index in [4.69, 9.17) is 0 Å². The van der Waals surface area contributed by atoms with E-state index in [0.29, 0.717) is 6.04 Å². The van der Waals surface area contributed by atoms with E-state index in [-0.39, 0.29) is 16.7 Å². The third-order valence-corrected chi connectivity index (χ3v) is 3.94. The summed E-state index contributed by atoms with van der Waals surface area (Å²) in [7, 11) is 0. The maximum atomic E-state index is 10.6. The molecule has 4 heteroatoms. The zero-order chi connectivity index (χ0) is 13.7. The predicted octanol–water partition coefficient (Wildman–Crippen LogP) is 3.97. The average molecular weight is 262 g/mol. The second kappa shape index (κ2) is 6.66. The van der Waals surface area contributed by atoms with Crippen molar-refractivity contribution in [3.05, 3.63) is 39.9 Å². The van der Waals surface area contributed by atoms with Gasteiger partial charge in [0.1, 0.15) is 0 Å². The van der Waals surface area contributed by atoms with Gasteiger partial charge in [-0.15, -0.1) is 0 Å². The highest BCUT2D eigenvalue weighted by molar-refractivity contribution is 5.34. The molecule has 0 aliphatic heterocycles. The Morgan fingerprint density at radius 1 is 1.16 bits per heavy atom. The molecule has 1 aliphatic carbocycles. The zero-order valence-electron chi connectivity index (χ0n) is 11.5. The van der Waals surface area contributed by atoms with Crippen LogP contribution in [0.4, 0.5) is 5.69 Å². The molecule has 1 N–H and O–H groups in total. The molecule has 0 radical (unpaired) electrons. The lowest BCUT2D eigenvalue weighted by Gasteiger charge is -2.22. The number of nitro benzene ring substituents is 1. The number of nitrogens with one attached hydrogen (secondary N) is 1. The van der Waals surface area contributed by atoms with E-state index < -0.39 is 0 Å². The Bertz CT molecular complexity index is 409. The van der Waals surface area contributed by atoms with Crippen LogP contribution >= 0.6 is 0 Å². The van der Waals surface area contributed by atoms with Crippen molar-refractivity contribution in [2.45, 2.75) is 57.5 Å². The Labute approximate surface area is 114 Å². The van der Waals surface area contributed by atoms with Crippen LogP contribution in [0.3, 0.4) is 0 Å². The van der Waals surface area contributed by atoms with Gasteiger partial charge in [-0.05, 0) is 25.3 Å². The van der Waals surface area contributed by atoms with Gasteiger partial charge in [0.05, 0.1) is 4.92 Å². The minimum atomic E-state index is -0.354. The summed E-state index contributed by atoms with van der Waals surface area (Å²) < 4.78 is 0. The summed E-state index contributed by atoms with van der Waals surface area (Å²) in [5.41, 5.74) is 1.28. The van der Waals surface area contributed by atoms with E-state index >= 15 is 0 Å². The van der Waals surface area contributed by atoms with Crippen molar-refractivity contribution in [3.8, 4) is 0 Å². The number of non-ortho nitro benzene ring substituents is 1. The highest BCUT2D eigenvalue weighted by Crippen LogP contribution is 2.22. The molecule has 1 aliphatic rings. The Balaban J connectivity index is 1.94. The number of hydrogen-bond acceptors (Lipinski definition) is 3. The van der Waals surface area contributed by atoms with Crippen LogP contribution in [0.25, 0.3) is 0 Å². The van der Waals surface area contributed by atoms with Gasteiger partial charge in [-0.25, -0.2) is 0 Å². The first-order chi connectivity index (χ1) is 9.16. The van der Waals surface area contributed by atoms with Gasteiger partial charge < -0.3 is 5.32 Å². The number of nitrogens with zero attached hydrogens (tertiary/aromatic N) is 1. The second-order valence-corrected chi connectivity index (χ2v) is 5.43. The van der Waals surface area contributed by atoms with Gasteiger partial charge >= 0.3 is 0 Å². The maximum Gasteiger partial charge on any atom is 0.269 e. The van der Waals surface area contributed by atoms with Crippen molar-refractivity contribution in [3.63, 3.8) is 0 Å². The van der Waals surface area contributed by atoms with Gasteiger partial charge in [0.25, 0.3) is 5.69 Å². The molecule has 1 fully saturated rings. The molecular weight excluding hydrogens is 240 g/mol. The summed E-state index contributed by atoms with van der Waals surface area (Å²) in [5, 5.41) is 14.3. The summed E-state index contributed by atoms with van der Waals surface area (Å²) in [5.74, 6) is 0. The molecule has 0 spiro atoms.